The highest BCUT2D eigenvalue weighted by molar-refractivity contribution is 5.84. The molecule has 1 aromatic carbocycles. The minimum atomic E-state index is 0.996. The molecule has 0 fully saturated rings. The first kappa shape index (κ1) is 9.25. The van der Waals surface area contributed by atoms with Crippen LogP contribution in [0.25, 0.3) is 11.0 Å². The molecule has 1 N–H and O–H groups in total. The molecule has 2 rings (SSSR count). The van der Waals surface area contributed by atoms with Gasteiger partial charge in [-0.3, -0.25) is 0 Å². The van der Waals surface area contributed by atoms with Crippen LogP contribution < -0.4 is 0 Å². The van der Waals surface area contributed by atoms with Crippen LogP contribution in [0, 0.1) is 34.6 Å². The Labute approximate surface area is 84.4 Å². The zero-order valence-electron chi connectivity index (χ0n) is 9.45. The average molecular weight is 188 g/mol. The highest BCUT2D eigenvalue weighted by Crippen LogP contribution is 2.26. The molecule has 0 unspecified atom stereocenters. The van der Waals surface area contributed by atoms with Crippen molar-refractivity contribution in [2.45, 2.75) is 34.6 Å². The lowest BCUT2D eigenvalue weighted by Crippen LogP contribution is -1.92. The lowest BCUT2D eigenvalue weighted by molar-refractivity contribution is 1.17. The largest absolute Gasteiger partial charge is 0.342 e. The number of aromatic amines is 1. The molecule has 0 saturated carbocycles. The summed E-state index contributed by atoms with van der Waals surface area (Å²) >= 11 is 0. The van der Waals surface area contributed by atoms with Gasteiger partial charge in [-0.1, -0.05) is 0 Å². The van der Waals surface area contributed by atoms with Crippen LogP contribution in [0.15, 0.2) is 0 Å². The summed E-state index contributed by atoms with van der Waals surface area (Å²) in [4.78, 5) is 7.84. The fourth-order valence-electron chi connectivity index (χ4n) is 1.96. The number of aromatic nitrogens is 2. The zero-order chi connectivity index (χ0) is 10.5. The number of benzene rings is 1. The van der Waals surface area contributed by atoms with Crippen LogP contribution >= 0.6 is 0 Å². The van der Waals surface area contributed by atoms with Crippen molar-refractivity contribution in [3.8, 4) is 0 Å². The Morgan fingerprint density at radius 1 is 0.786 bits per heavy atom. The van der Waals surface area contributed by atoms with E-state index in [1.807, 2.05) is 6.92 Å². The fraction of sp³-hybridized carbons (Fsp3) is 0.417. The highest BCUT2D eigenvalue weighted by atomic mass is 14.9. The minimum Gasteiger partial charge on any atom is -0.342 e. The van der Waals surface area contributed by atoms with Crippen LogP contribution in [0.4, 0.5) is 0 Å². The van der Waals surface area contributed by atoms with Gasteiger partial charge in [0.1, 0.15) is 5.82 Å². The molecule has 14 heavy (non-hydrogen) atoms. The summed E-state index contributed by atoms with van der Waals surface area (Å²) in [5, 5.41) is 0. The summed E-state index contributed by atoms with van der Waals surface area (Å²) in [6.07, 6.45) is 0. The summed E-state index contributed by atoms with van der Waals surface area (Å²) < 4.78 is 0. The Balaban J connectivity index is 3.01. The molecular weight excluding hydrogens is 172 g/mol. The molecule has 1 heterocycles. The number of rotatable bonds is 0. The molecule has 1 aromatic heterocycles. The van der Waals surface area contributed by atoms with E-state index in [2.05, 4.69) is 37.7 Å². The van der Waals surface area contributed by atoms with Crippen molar-refractivity contribution in [2.75, 3.05) is 0 Å². The molecule has 0 spiro atoms. The number of aryl methyl sites for hydroxylation is 3. The molecule has 0 atom stereocenters. The monoisotopic (exact) mass is 188 g/mol. The van der Waals surface area contributed by atoms with Crippen LogP contribution in [0.3, 0.4) is 0 Å². The fourth-order valence-corrected chi connectivity index (χ4v) is 1.96. The summed E-state index contributed by atoms with van der Waals surface area (Å²) in [7, 11) is 0. The Morgan fingerprint density at radius 3 is 2.00 bits per heavy atom. The number of nitrogens with one attached hydrogen (secondary N) is 1. The first-order valence-electron chi connectivity index (χ1n) is 4.95. The maximum Gasteiger partial charge on any atom is 0.104 e. The number of fused-ring (bicyclic) bond motifs is 1. The molecule has 0 aliphatic carbocycles. The van der Waals surface area contributed by atoms with Crippen molar-refractivity contribution in [2.24, 2.45) is 0 Å². The topological polar surface area (TPSA) is 28.7 Å². The second kappa shape index (κ2) is 2.84. The van der Waals surface area contributed by atoms with Gasteiger partial charge in [0.25, 0.3) is 0 Å². The first-order chi connectivity index (χ1) is 6.52. The third-order valence-electron chi connectivity index (χ3n) is 3.24. The van der Waals surface area contributed by atoms with Crippen molar-refractivity contribution >= 4 is 11.0 Å². The van der Waals surface area contributed by atoms with E-state index in [9.17, 15) is 0 Å². The second-order valence-electron chi connectivity index (χ2n) is 4.05. The lowest BCUT2D eigenvalue weighted by atomic mass is 9.98. The molecule has 0 radical (unpaired) electrons. The molecule has 0 aliphatic heterocycles. The standard InChI is InChI=1S/C12H16N2/c1-6-7(2)9(4)12-11(8(6)3)13-10(5)14-12/h1-5H3,(H,13,14). The van der Waals surface area contributed by atoms with E-state index in [0.29, 0.717) is 0 Å². The van der Waals surface area contributed by atoms with E-state index in [0.717, 1.165) is 11.3 Å². The molecule has 2 heteroatoms. The van der Waals surface area contributed by atoms with Crippen molar-refractivity contribution in [3.63, 3.8) is 0 Å². The van der Waals surface area contributed by atoms with E-state index in [-0.39, 0.29) is 0 Å². The SMILES string of the molecule is Cc1nc2c(C)c(C)c(C)c(C)c2[nH]1. The van der Waals surface area contributed by atoms with Gasteiger partial charge in [0.05, 0.1) is 11.0 Å². The van der Waals surface area contributed by atoms with Gasteiger partial charge in [0.15, 0.2) is 0 Å². The minimum absolute atomic E-state index is 0.996. The molecule has 74 valence electrons. The summed E-state index contributed by atoms with van der Waals surface area (Å²) in [5.41, 5.74) is 7.68. The van der Waals surface area contributed by atoms with Gasteiger partial charge >= 0.3 is 0 Å². The van der Waals surface area contributed by atoms with Crippen molar-refractivity contribution in [3.05, 3.63) is 28.1 Å². The van der Waals surface area contributed by atoms with Crippen LogP contribution in [-0.4, -0.2) is 9.97 Å². The number of H-pyrrole nitrogens is 1. The van der Waals surface area contributed by atoms with Crippen LogP contribution in [0.1, 0.15) is 28.1 Å². The number of nitrogens with zero attached hydrogens (tertiary/aromatic N) is 1. The van der Waals surface area contributed by atoms with E-state index in [4.69, 9.17) is 0 Å². The first-order valence-corrected chi connectivity index (χ1v) is 4.95. The van der Waals surface area contributed by atoms with E-state index < -0.39 is 0 Å². The second-order valence-corrected chi connectivity index (χ2v) is 4.05. The maximum absolute atomic E-state index is 4.52. The average Bonchev–Trinajstić information content (AvgIpc) is 2.54. The van der Waals surface area contributed by atoms with Crippen LogP contribution in [0.2, 0.25) is 0 Å². The normalized spacial score (nSPS) is 11.2. The van der Waals surface area contributed by atoms with Crippen molar-refractivity contribution in [1.29, 1.82) is 0 Å². The third-order valence-corrected chi connectivity index (χ3v) is 3.24. The summed E-state index contributed by atoms with van der Waals surface area (Å²) in [6, 6.07) is 0. The zero-order valence-corrected chi connectivity index (χ0v) is 9.45. The number of hydrogen-bond acceptors (Lipinski definition) is 1. The van der Waals surface area contributed by atoms with Crippen LogP contribution in [-0.2, 0) is 0 Å². The Bertz CT molecular complexity index is 462. The van der Waals surface area contributed by atoms with Gasteiger partial charge in [-0.2, -0.15) is 0 Å². The molecule has 2 nitrogen and oxygen atoms in total. The van der Waals surface area contributed by atoms with Crippen LogP contribution in [0.5, 0.6) is 0 Å². The summed E-state index contributed by atoms with van der Waals surface area (Å²) in [5.74, 6) is 0.996. The molecule has 0 saturated heterocycles. The number of imidazole rings is 1. The third kappa shape index (κ3) is 1.07. The predicted octanol–water partition coefficient (Wildman–Crippen LogP) is 3.11. The van der Waals surface area contributed by atoms with Gasteiger partial charge in [-0.25, -0.2) is 4.98 Å². The van der Waals surface area contributed by atoms with Gasteiger partial charge in [0.2, 0.25) is 0 Å². The van der Waals surface area contributed by atoms with Gasteiger partial charge < -0.3 is 4.98 Å². The molecule has 0 bridgehead atoms. The van der Waals surface area contributed by atoms with Gasteiger partial charge in [0, 0.05) is 0 Å². The van der Waals surface area contributed by atoms with E-state index >= 15 is 0 Å². The lowest BCUT2D eigenvalue weighted by Gasteiger charge is -2.09. The molecule has 0 aliphatic rings. The Hall–Kier alpha value is -1.31. The van der Waals surface area contributed by atoms with E-state index in [1.54, 1.807) is 0 Å². The molecule has 2 aromatic rings. The quantitative estimate of drug-likeness (QED) is 0.676. The summed E-state index contributed by atoms with van der Waals surface area (Å²) in [6.45, 7) is 10.6. The molecule has 0 amide bonds. The van der Waals surface area contributed by atoms with Gasteiger partial charge in [-0.15, -0.1) is 0 Å². The van der Waals surface area contributed by atoms with Gasteiger partial charge in [-0.05, 0) is 56.9 Å². The smallest absolute Gasteiger partial charge is 0.104 e. The predicted molar refractivity (Wildman–Crippen MR) is 59.8 cm³/mol. The molecular formula is C12H16N2. The Kier molecular flexibility index (Phi) is 1.88. The van der Waals surface area contributed by atoms with Crippen molar-refractivity contribution < 1.29 is 0 Å². The highest BCUT2D eigenvalue weighted by Gasteiger charge is 2.11. The van der Waals surface area contributed by atoms with E-state index in [1.165, 1.54) is 27.8 Å². The number of hydrogen-bond donors (Lipinski definition) is 1. The van der Waals surface area contributed by atoms with Crippen molar-refractivity contribution in [1.82, 2.24) is 9.97 Å². The maximum atomic E-state index is 4.52. The Morgan fingerprint density at radius 2 is 1.36 bits per heavy atom.